The number of aromatic nitrogens is 1. The summed E-state index contributed by atoms with van der Waals surface area (Å²) in [6, 6.07) is 18.0. The molecule has 4 heteroatoms. The molecule has 2 N–H and O–H groups in total. The van der Waals surface area contributed by atoms with Gasteiger partial charge in [-0.25, -0.2) is 0 Å². The van der Waals surface area contributed by atoms with Crippen molar-refractivity contribution >= 4 is 16.6 Å². The van der Waals surface area contributed by atoms with Gasteiger partial charge in [0.25, 0.3) is 0 Å². The van der Waals surface area contributed by atoms with Crippen molar-refractivity contribution in [3.05, 3.63) is 65.4 Å². The Morgan fingerprint density at radius 1 is 1.07 bits per heavy atom. The molecule has 0 atom stereocenters. The van der Waals surface area contributed by atoms with E-state index in [-0.39, 0.29) is 0 Å². The second-order valence-electron chi connectivity index (χ2n) is 7.96. The summed E-state index contributed by atoms with van der Waals surface area (Å²) in [5.74, 6) is 6.64. The minimum Gasteiger partial charge on any atom is -0.381 e. The molecule has 1 aliphatic heterocycles. The van der Waals surface area contributed by atoms with Crippen LogP contribution in [0.5, 0.6) is 0 Å². The van der Waals surface area contributed by atoms with E-state index in [2.05, 4.69) is 89.4 Å². The highest BCUT2D eigenvalue weighted by molar-refractivity contribution is 5.83. The van der Waals surface area contributed by atoms with Crippen LogP contribution in [0.4, 0.5) is 5.69 Å². The number of benzene rings is 2. The van der Waals surface area contributed by atoms with Crippen LogP contribution in [0.1, 0.15) is 36.6 Å². The summed E-state index contributed by atoms with van der Waals surface area (Å²) >= 11 is 0. The van der Waals surface area contributed by atoms with Crippen molar-refractivity contribution in [3.63, 3.8) is 0 Å². The Morgan fingerprint density at radius 3 is 2.63 bits per heavy atom. The molecule has 4 rings (SSSR count). The lowest BCUT2D eigenvalue weighted by Crippen LogP contribution is -2.34. The molecule has 0 saturated carbocycles. The number of ether oxygens (including phenoxy) is 1. The molecule has 0 radical (unpaired) electrons. The van der Waals surface area contributed by atoms with Gasteiger partial charge in [0.1, 0.15) is 0 Å². The Hall–Kier alpha value is -2.74. The zero-order chi connectivity index (χ0) is 20.8. The first kappa shape index (κ1) is 20.5. The zero-order valence-corrected chi connectivity index (χ0v) is 18.0. The van der Waals surface area contributed by atoms with Crippen LogP contribution >= 0.6 is 0 Å². The van der Waals surface area contributed by atoms with Crippen LogP contribution in [-0.4, -0.2) is 30.4 Å². The van der Waals surface area contributed by atoms with E-state index in [0.29, 0.717) is 12.6 Å². The van der Waals surface area contributed by atoms with E-state index in [0.717, 1.165) is 50.5 Å². The molecule has 0 spiro atoms. The number of hydrogen-bond donors (Lipinski definition) is 2. The number of hydrogen-bond acceptors (Lipinski definition) is 3. The first-order valence-electron chi connectivity index (χ1n) is 11.0. The third-order valence-corrected chi connectivity index (χ3v) is 5.75. The van der Waals surface area contributed by atoms with Gasteiger partial charge in [0.15, 0.2) is 0 Å². The van der Waals surface area contributed by atoms with E-state index in [1.165, 1.54) is 22.0 Å². The average molecular weight is 402 g/mol. The molecule has 1 aromatic heterocycles. The molecular formula is C26H31N3O. The molecule has 0 unspecified atom stereocenters. The smallest absolute Gasteiger partial charge is 0.0931 e. The summed E-state index contributed by atoms with van der Waals surface area (Å²) in [4.78, 5) is 0. The number of fused-ring (bicyclic) bond motifs is 1. The van der Waals surface area contributed by atoms with E-state index in [4.69, 9.17) is 4.74 Å². The van der Waals surface area contributed by atoms with Gasteiger partial charge in [-0.1, -0.05) is 29.7 Å². The maximum Gasteiger partial charge on any atom is 0.0931 e. The van der Waals surface area contributed by atoms with E-state index in [9.17, 15) is 0 Å². The Balaban J connectivity index is 1.43. The predicted molar refractivity (Wildman–Crippen MR) is 125 cm³/mol. The molecule has 2 heterocycles. The Morgan fingerprint density at radius 2 is 1.87 bits per heavy atom. The summed E-state index contributed by atoms with van der Waals surface area (Å²) in [5.41, 5.74) is 6.02. The van der Waals surface area contributed by atoms with Crippen LogP contribution in [0.2, 0.25) is 0 Å². The number of aryl methyl sites for hydroxylation is 2. The van der Waals surface area contributed by atoms with Crippen molar-refractivity contribution in [3.8, 4) is 11.8 Å². The Kier molecular flexibility index (Phi) is 6.74. The largest absolute Gasteiger partial charge is 0.381 e. The normalized spacial score (nSPS) is 14.5. The standard InChI is InChI=1S/C26H31N3O/c1-3-29-25(5-4-14-27-23-9-6-20(2)7-10-23)18-22-17-21(8-11-26(22)29)19-28-24-12-15-30-16-13-24/h6-11,17-18,24,27-28H,3,12-16,19H2,1-2H3. The number of rotatable bonds is 6. The lowest BCUT2D eigenvalue weighted by Gasteiger charge is -2.23. The van der Waals surface area contributed by atoms with E-state index in [1.807, 2.05) is 0 Å². The molecule has 0 bridgehead atoms. The fraction of sp³-hybridized carbons (Fsp3) is 0.385. The minimum atomic E-state index is 0.567. The molecule has 3 aromatic rings. The van der Waals surface area contributed by atoms with Crippen molar-refractivity contribution in [2.75, 3.05) is 25.1 Å². The topological polar surface area (TPSA) is 38.2 Å². The van der Waals surface area contributed by atoms with Gasteiger partial charge in [0, 0.05) is 48.9 Å². The van der Waals surface area contributed by atoms with E-state index in [1.54, 1.807) is 0 Å². The molecule has 4 nitrogen and oxygen atoms in total. The molecule has 156 valence electrons. The maximum absolute atomic E-state index is 5.45. The van der Waals surface area contributed by atoms with Crippen LogP contribution in [0.3, 0.4) is 0 Å². The molecule has 0 aliphatic carbocycles. The van der Waals surface area contributed by atoms with Crippen LogP contribution < -0.4 is 10.6 Å². The van der Waals surface area contributed by atoms with E-state index >= 15 is 0 Å². The highest BCUT2D eigenvalue weighted by Gasteiger charge is 2.13. The van der Waals surface area contributed by atoms with Crippen molar-refractivity contribution in [2.45, 2.75) is 45.8 Å². The monoisotopic (exact) mass is 401 g/mol. The van der Waals surface area contributed by atoms with Crippen molar-refractivity contribution in [2.24, 2.45) is 0 Å². The third kappa shape index (κ3) is 5.05. The zero-order valence-electron chi connectivity index (χ0n) is 18.0. The summed E-state index contributed by atoms with van der Waals surface area (Å²) in [7, 11) is 0. The lowest BCUT2D eigenvalue weighted by molar-refractivity contribution is 0.0776. The van der Waals surface area contributed by atoms with Crippen molar-refractivity contribution in [1.29, 1.82) is 0 Å². The quantitative estimate of drug-likeness (QED) is 0.588. The van der Waals surface area contributed by atoms with Gasteiger partial charge in [0.2, 0.25) is 0 Å². The second-order valence-corrected chi connectivity index (χ2v) is 7.96. The molecule has 1 fully saturated rings. The highest BCUT2D eigenvalue weighted by atomic mass is 16.5. The summed E-state index contributed by atoms with van der Waals surface area (Å²) in [6.07, 6.45) is 2.20. The Labute approximate surface area is 179 Å². The van der Waals surface area contributed by atoms with Gasteiger partial charge >= 0.3 is 0 Å². The first-order valence-corrected chi connectivity index (χ1v) is 11.0. The van der Waals surface area contributed by atoms with Gasteiger partial charge in [-0.15, -0.1) is 0 Å². The molecule has 1 saturated heterocycles. The van der Waals surface area contributed by atoms with Crippen molar-refractivity contribution in [1.82, 2.24) is 9.88 Å². The Bertz CT molecular complexity index is 1030. The van der Waals surface area contributed by atoms with Crippen molar-refractivity contribution < 1.29 is 4.74 Å². The number of nitrogens with one attached hydrogen (secondary N) is 2. The molecule has 1 aliphatic rings. The number of anilines is 1. The van der Waals surface area contributed by atoms with Crippen LogP contribution in [0.15, 0.2) is 48.5 Å². The maximum atomic E-state index is 5.45. The van der Waals surface area contributed by atoms with Gasteiger partial charge in [-0.05, 0) is 68.5 Å². The number of nitrogens with zero attached hydrogens (tertiary/aromatic N) is 1. The SMILES string of the molecule is CCn1c(C#CCNc2ccc(C)cc2)cc2cc(CNC3CCOCC3)ccc21. The average Bonchev–Trinajstić information content (AvgIpc) is 3.13. The second kappa shape index (κ2) is 9.84. The van der Waals surface area contributed by atoms with Gasteiger partial charge in [-0.3, -0.25) is 0 Å². The van der Waals surface area contributed by atoms with Gasteiger partial charge in [-0.2, -0.15) is 0 Å². The van der Waals surface area contributed by atoms with Crippen LogP contribution in [0, 0.1) is 18.8 Å². The molecule has 2 aromatic carbocycles. The fourth-order valence-corrected chi connectivity index (χ4v) is 3.99. The molecule has 0 amide bonds. The minimum absolute atomic E-state index is 0.567. The summed E-state index contributed by atoms with van der Waals surface area (Å²) < 4.78 is 7.74. The molecular weight excluding hydrogens is 370 g/mol. The van der Waals surface area contributed by atoms with Crippen LogP contribution in [-0.2, 0) is 17.8 Å². The predicted octanol–water partition coefficient (Wildman–Crippen LogP) is 4.70. The summed E-state index contributed by atoms with van der Waals surface area (Å²) in [5, 5.41) is 8.31. The molecule has 30 heavy (non-hydrogen) atoms. The first-order chi connectivity index (χ1) is 14.7. The summed E-state index contributed by atoms with van der Waals surface area (Å²) in [6.45, 7) is 8.47. The highest BCUT2D eigenvalue weighted by Crippen LogP contribution is 2.21. The lowest BCUT2D eigenvalue weighted by atomic mass is 10.1. The fourth-order valence-electron chi connectivity index (χ4n) is 3.99. The van der Waals surface area contributed by atoms with Gasteiger partial charge in [0.05, 0.1) is 12.2 Å². The van der Waals surface area contributed by atoms with E-state index < -0.39 is 0 Å². The van der Waals surface area contributed by atoms with Gasteiger partial charge < -0.3 is 19.9 Å². The van der Waals surface area contributed by atoms with Crippen LogP contribution in [0.25, 0.3) is 10.9 Å². The third-order valence-electron chi connectivity index (χ3n) is 5.75.